The molecule has 0 bridgehead atoms. The van der Waals surface area contributed by atoms with Gasteiger partial charge in [0.05, 0.1) is 14.2 Å². The first-order chi connectivity index (χ1) is 8.56. The van der Waals surface area contributed by atoms with Gasteiger partial charge in [-0.25, -0.2) is 0 Å². The maximum atomic E-state index is 11.3. The van der Waals surface area contributed by atoms with Crippen molar-refractivity contribution in [2.75, 3.05) is 14.2 Å². The van der Waals surface area contributed by atoms with Crippen LogP contribution in [0.4, 0.5) is 0 Å². The highest BCUT2D eigenvalue weighted by atomic mass is 16.5. The molecule has 1 aromatic rings. The molecule has 1 rings (SSSR count). The van der Waals surface area contributed by atoms with Crippen molar-refractivity contribution in [1.29, 1.82) is 0 Å². The Morgan fingerprint density at radius 1 is 1.22 bits per heavy atom. The quantitative estimate of drug-likeness (QED) is 0.783. The molecule has 4 heteroatoms. The maximum Gasteiger partial charge on any atom is 0.322 e. The summed E-state index contributed by atoms with van der Waals surface area (Å²) < 4.78 is 9.78. The van der Waals surface area contributed by atoms with Crippen LogP contribution in [0, 0.1) is 0 Å². The highest BCUT2D eigenvalue weighted by molar-refractivity contribution is 5.75. The van der Waals surface area contributed by atoms with Gasteiger partial charge in [-0.15, -0.1) is 0 Å². The molecule has 0 aromatic heterocycles. The highest BCUT2D eigenvalue weighted by Gasteiger charge is 2.15. The molecule has 0 heterocycles. The summed E-state index contributed by atoms with van der Waals surface area (Å²) in [5.41, 5.74) is 1.20. The van der Waals surface area contributed by atoms with Crippen molar-refractivity contribution in [3.63, 3.8) is 0 Å². The minimum absolute atomic E-state index is 0.201. The lowest BCUT2D eigenvalue weighted by molar-refractivity contribution is -0.142. The predicted molar refractivity (Wildman–Crippen MR) is 70.8 cm³/mol. The molecule has 0 spiro atoms. The Hall–Kier alpha value is -1.55. The van der Waals surface area contributed by atoms with Crippen molar-refractivity contribution in [2.24, 2.45) is 0 Å². The first-order valence-corrected chi connectivity index (χ1v) is 6.03. The smallest absolute Gasteiger partial charge is 0.322 e. The van der Waals surface area contributed by atoms with Crippen LogP contribution in [0.15, 0.2) is 24.3 Å². The average molecular weight is 251 g/mol. The van der Waals surface area contributed by atoms with Crippen LogP contribution in [0.2, 0.25) is 0 Å². The maximum absolute atomic E-state index is 11.3. The van der Waals surface area contributed by atoms with Gasteiger partial charge in [0.1, 0.15) is 11.8 Å². The number of carbonyl (C=O) groups excluding carboxylic acids is 1. The molecule has 18 heavy (non-hydrogen) atoms. The first-order valence-electron chi connectivity index (χ1n) is 6.03. The van der Waals surface area contributed by atoms with Gasteiger partial charge in [0, 0.05) is 6.04 Å². The molecule has 0 fully saturated rings. The number of hydrogen-bond donors (Lipinski definition) is 1. The third kappa shape index (κ3) is 4.37. The summed E-state index contributed by atoms with van der Waals surface area (Å²) in [7, 11) is 3.05. The topological polar surface area (TPSA) is 47.6 Å². The van der Waals surface area contributed by atoms with Crippen molar-refractivity contribution >= 4 is 5.97 Å². The number of hydrogen-bond acceptors (Lipinski definition) is 4. The summed E-state index contributed by atoms with van der Waals surface area (Å²) in [5, 5.41) is 3.20. The summed E-state index contributed by atoms with van der Waals surface area (Å²) in [6, 6.07) is 7.84. The van der Waals surface area contributed by atoms with Crippen molar-refractivity contribution in [1.82, 2.24) is 5.32 Å². The van der Waals surface area contributed by atoms with E-state index in [0.29, 0.717) is 0 Å². The third-order valence-electron chi connectivity index (χ3n) is 2.79. The molecule has 100 valence electrons. The normalized spacial score (nSPS) is 13.8. The monoisotopic (exact) mass is 251 g/mol. The summed E-state index contributed by atoms with van der Waals surface area (Å²) in [6.45, 7) is 3.85. The first kappa shape index (κ1) is 14.5. The van der Waals surface area contributed by atoms with Crippen molar-refractivity contribution in [2.45, 2.75) is 32.4 Å². The zero-order valence-corrected chi connectivity index (χ0v) is 11.4. The van der Waals surface area contributed by atoms with Crippen LogP contribution in [-0.4, -0.2) is 32.3 Å². The van der Waals surface area contributed by atoms with Gasteiger partial charge >= 0.3 is 5.97 Å². The molecule has 0 saturated carbocycles. The summed E-state index contributed by atoms with van der Waals surface area (Å²) in [6.07, 6.45) is 0.853. The van der Waals surface area contributed by atoms with Crippen LogP contribution in [-0.2, 0) is 16.0 Å². The largest absolute Gasteiger partial charge is 0.497 e. The Balaban J connectivity index is 2.48. The average Bonchev–Trinajstić information content (AvgIpc) is 2.38. The fourth-order valence-corrected chi connectivity index (χ4v) is 1.85. The van der Waals surface area contributed by atoms with Crippen LogP contribution in [0.25, 0.3) is 0 Å². The van der Waals surface area contributed by atoms with E-state index in [9.17, 15) is 4.79 Å². The fourth-order valence-electron chi connectivity index (χ4n) is 1.85. The minimum Gasteiger partial charge on any atom is -0.497 e. The van der Waals surface area contributed by atoms with Gasteiger partial charge in [0.25, 0.3) is 0 Å². The molecule has 0 aliphatic heterocycles. The van der Waals surface area contributed by atoms with Crippen LogP contribution in [0.1, 0.15) is 19.4 Å². The lowest BCUT2D eigenvalue weighted by Crippen LogP contribution is -2.41. The fraction of sp³-hybridized carbons (Fsp3) is 0.500. The van der Waals surface area contributed by atoms with Gasteiger partial charge < -0.3 is 14.8 Å². The minimum atomic E-state index is -0.289. The second-order valence-electron chi connectivity index (χ2n) is 4.36. The van der Waals surface area contributed by atoms with Crippen molar-refractivity contribution in [3.05, 3.63) is 29.8 Å². The van der Waals surface area contributed by atoms with Gasteiger partial charge in [-0.2, -0.15) is 0 Å². The van der Waals surface area contributed by atoms with Gasteiger partial charge in [-0.1, -0.05) is 12.1 Å². The summed E-state index contributed by atoms with van der Waals surface area (Å²) in [5.74, 6) is 0.610. The Labute approximate surface area is 108 Å². The van der Waals surface area contributed by atoms with Crippen LogP contribution < -0.4 is 10.1 Å². The number of benzene rings is 1. The number of rotatable bonds is 6. The van der Waals surface area contributed by atoms with Crippen LogP contribution >= 0.6 is 0 Å². The molecule has 2 atom stereocenters. The number of nitrogens with one attached hydrogen (secondary N) is 1. The molecule has 0 radical (unpaired) electrons. The van der Waals surface area contributed by atoms with Gasteiger partial charge in [-0.3, -0.25) is 4.79 Å². The van der Waals surface area contributed by atoms with Crippen LogP contribution in [0.3, 0.4) is 0 Å². The standard InChI is InChI=1S/C14H21NO3/c1-10(15-11(2)14(16)18-4)9-12-5-7-13(17-3)8-6-12/h5-8,10-11,15H,9H2,1-4H3. The van der Waals surface area contributed by atoms with Crippen LogP contribution in [0.5, 0.6) is 5.75 Å². The number of methoxy groups -OCH3 is 2. The molecule has 0 amide bonds. The molecule has 1 N–H and O–H groups in total. The van der Waals surface area contributed by atoms with E-state index in [1.807, 2.05) is 31.2 Å². The summed E-state index contributed by atoms with van der Waals surface area (Å²) >= 11 is 0. The molecule has 2 unspecified atom stereocenters. The number of esters is 1. The molecule has 0 saturated heterocycles. The Kier molecular flexibility index (Phi) is 5.65. The molecular weight excluding hydrogens is 230 g/mol. The Bertz CT molecular complexity index is 375. The number of ether oxygens (including phenoxy) is 2. The molecule has 0 aliphatic carbocycles. The van der Waals surface area contributed by atoms with Crippen molar-refractivity contribution in [3.8, 4) is 5.75 Å². The Morgan fingerprint density at radius 3 is 2.33 bits per heavy atom. The number of carbonyl (C=O) groups is 1. The molecule has 4 nitrogen and oxygen atoms in total. The van der Waals surface area contributed by atoms with E-state index in [-0.39, 0.29) is 18.1 Å². The van der Waals surface area contributed by atoms with E-state index in [1.165, 1.54) is 12.7 Å². The van der Waals surface area contributed by atoms with E-state index in [1.54, 1.807) is 14.0 Å². The predicted octanol–water partition coefficient (Wildman–Crippen LogP) is 1.78. The highest BCUT2D eigenvalue weighted by Crippen LogP contribution is 2.12. The zero-order chi connectivity index (χ0) is 13.5. The SMILES string of the molecule is COC(=O)C(C)NC(C)Cc1ccc(OC)cc1. The van der Waals surface area contributed by atoms with E-state index in [2.05, 4.69) is 10.1 Å². The van der Waals surface area contributed by atoms with Gasteiger partial charge in [0.15, 0.2) is 0 Å². The van der Waals surface area contributed by atoms with E-state index in [0.717, 1.165) is 12.2 Å². The van der Waals surface area contributed by atoms with E-state index >= 15 is 0 Å². The second-order valence-corrected chi connectivity index (χ2v) is 4.36. The van der Waals surface area contributed by atoms with Gasteiger partial charge in [-0.05, 0) is 38.0 Å². The van der Waals surface area contributed by atoms with E-state index < -0.39 is 0 Å². The Morgan fingerprint density at radius 2 is 1.83 bits per heavy atom. The van der Waals surface area contributed by atoms with E-state index in [4.69, 9.17) is 4.74 Å². The molecular formula is C14H21NO3. The molecule has 1 aromatic carbocycles. The third-order valence-corrected chi connectivity index (χ3v) is 2.79. The molecule has 0 aliphatic rings. The zero-order valence-electron chi connectivity index (χ0n) is 11.4. The van der Waals surface area contributed by atoms with Gasteiger partial charge in [0.2, 0.25) is 0 Å². The summed E-state index contributed by atoms with van der Waals surface area (Å²) in [4.78, 5) is 11.3. The van der Waals surface area contributed by atoms with Crippen molar-refractivity contribution < 1.29 is 14.3 Å². The lowest BCUT2D eigenvalue weighted by Gasteiger charge is -2.18. The second kappa shape index (κ2) is 7.01. The lowest BCUT2D eigenvalue weighted by atomic mass is 10.1.